The van der Waals surface area contributed by atoms with Crippen LogP contribution in [0.5, 0.6) is 0 Å². The fourth-order valence-corrected chi connectivity index (χ4v) is 4.27. The molecule has 1 saturated heterocycles. The van der Waals surface area contributed by atoms with Crippen LogP contribution in [-0.4, -0.2) is 43.0 Å². The van der Waals surface area contributed by atoms with E-state index in [4.69, 9.17) is 4.42 Å². The number of nitrogens with zero attached hydrogens (tertiary/aromatic N) is 2. The largest absolute Gasteiger partial charge is 0.465 e. The van der Waals surface area contributed by atoms with Crippen molar-refractivity contribution >= 4 is 0 Å². The fraction of sp³-hybridized carbons (Fsp3) is 0.789. The smallest absolute Gasteiger partial charge is 0.118 e. The monoisotopic (exact) mass is 304 g/mol. The number of hydrogen-bond acceptors (Lipinski definition) is 3. The number of aryl methyl sites for hydroxylation is 1. The molecule has 3 nitrogen and oxygen atoms in total. The average Bonchev–Trinajstić information content (AvgIpc) is 3.13. The fourth-order valence-electron chi connectivity index (χ4n) is 4.27. The van der Waals surface area contributed by atoms with Crippen molar-refractivity contribution in [1.29, 1.82) is 0 Å². The Kier molecular flexibility index (Phi) is 5.59. The van der Waals surface area contributed by atoms with Gasteiger partial charge >= 0.3 is 0 Å². The summed E-state index contributed by atoms with van der Waals surface area (Å²) in [5.41, 5.74) is 0. The van der Waals surface area contributed by atoms with Crippen molar-refractivity contribution in [3.05, 3.63) is 23.7 Å². The third kappa shape index (κ3) is 4.60. The number of hydrogen-bond donors (Lipinski definition) is 0. The van der Waals surface area contributed by atoms with Gasteiger partial charge in [-0.05, 0) is 76.7 Å². The molecule has 1 aliphatic carbocycles. The van der Waals surface area contributed by atoms with E-state index in [0.29, 0.717) is 0 Å². The molecule has 0 amide bonds. The van der Waals surface area contributed by atoms with Crippen LogP contribution in [-0.2, 0) is 6.54 Å². The zero-order valence-electron chi connectivity index (χ0n) is 14.4. The van der Waals surface area contributed by atoms with E-state index in [1.807, 2.05) is 6.92 Å². The third-order valence-electron chi connectivity index (χ3n) is 5.50. The van der Waals surface area contributed by atoms with Crippen LogP contribution in [0.15, 0.2) is 16.5 Å². The second-order valence-corrected chi connectivity index (χ2v) is 7.60. The summed E-state index contributed by atoms with van der Waals surface area (Å²) < 4.78 is 5.70. The Labute approximate surface area is 135 Å². The standard InChI is InChI=1S/C19H32N2O/c1-16-7-8-19(22-16)15-21-11-9-18(10-12-21)14-20(2)13-17-5-3-4-6-17/h7-8,17-18H,3-6,9-15H2,1-2H3. The lowest BCUT2D eigenvalue weighted by Gasteiger charge is -2.34. The van der Waals surface area contributed by atoms with Crippen molar-refractivity contribution in [2.75, 3.05) is 33.2 Å². The van der Waals surface area contributed by atoms with Crippen LogP contribution >= 0.6 is 0 Å². The van der Waals surface area contributed by atoms with Gasteiger partial charge in [0.1, 0.15) is 11.5 Å². The molecule has 0 N–H and O–H groups in total. The maximum atomic E-state index is 5.70. The number of piperidine rings is 1. The molecule has 22 heavy (non-hydrogen) atoms. The Morgan fingerprint density at radius 1 is 1.05 bits per heavy atom. The van der Waals surface area contributed by atoms with Gasteiger partial charge in [-0.2, -0.15) is 0 Å². The molecule has 1 saturated carbocycles. The Morgan fingerprint density at radius 3 is 2.27 bits per heavy atom. The number of likely N-dealkylation sites (tertiary alicyclic amines) is 1. The lowest BCUT2D eigenvalue weighted by Crippen LogP contribution is -2.38. The van der Waals surface area contributed by atoms with Crippen LogP contribution in [0, 0.1) is 18.8 Å². The van der Waals surface area contributed by atoms with Crippen molar-refractivity contribution < 1.29 is 4.42 Å². The molecule has 1 aliphatic heterocycles. The molecular formula is C19H32N2O. The summed E-state index contributed by atoms with van der Waals surface area (Å²) >= 11 is 0. The van der Waals surface area contributed by atoms with E-state index in [9.17, 15) is 0 Å². The molecule has 3 heteroatoms. The summed E-state index contributed by atoms with van der Waals surface area (Å²) in [5, 5.41) is 0. The van der Waals surface area contributed by atoms with Crippen molar-refractivity contribution in [3.63, 3.8) is 0 Å². The molecule has 2 heterocycles. The molecule has 0 radical (unpaired) electrons. The summed E-state index contributed by atoms with van der Waals surface area (Å²) in [4.78, 5) is 5.15. The van der Waals surface area contributed by atoms with Crippen molar-refractivity contribution in [2.45, 2.75) is 52.0 Å². The van der Waals surface area contributed by atoms with E-state index in [0.717, 1.165) is 29.9 Å². The van der Waals surface area contributed by atoms with E-state index in [1.165, 1.54) is 64.7 Å². The van der Waals surface area contributed by atoms with Crippen molar-refractivity contribution in [1.82, 2.24) is 9.80 Å². The summed E-state index contributed by atoms with van der Waals surface area (Å²) in [6.07, 6.45) is 8.53. The minimum atomic E-state index is 0.890. The van der Waals surface area contributed by atoms with E-state index < -0.39 is 0 Å². The molecule has 1 aromatic rings. The van der Waals surface area contributed by atoms with E-state index in [1.54, 1.807) is 0 Å². The van der Waals surface area contributed by atoms with Crippen LogP contribution in [0.4, 0.5) is 0 Å². The normalized spacial score (nSPS) is 22.0. The quantitative estimate of drug-likeness (QED) is 0.794. The van der Waals surface area contributed by atoms with Gasteiger partial charge in [0.05, 0.1) is 6.54 Å². The zero-order valence-corrected chi connectivity index (χ0v) is 14.4. The molecule has 3 rings (SSSR count). The van der Waals surface area contributed by atoms with Crippen LogP contribution in [0.3, 0.4) is 0 Å². The molecule has 0 spiro atoms. The lowest BCUT2D eigenvalue weighted by atomic mass is 9.95. The highest BCUT2D eigenvalue weighted by atomic mass is 16.3. The highest BCUT2D eigenvalue weighted by Gasteiger charge is 2.23. The van der Waals surface area contributed by atoms with E-state index in [2.05, 4.69) is 29.0 Å². The van der Waals surface area contributed by atoms with E-state index >= 15 is 0 Å². The zero-order chi connectivity index (χ0) is 15.4. The molecule has 0 bridgehead atoms. The SMILES string of the molecule is Cc1ccc(CN2CCC(CN(C)CC3CCCC3)CC2)o1. The highest BCUT2D eigenvalue weighted by Crippen LogP contribution is 2.26. The van der Waals surface area contributed by atoms with Gasteiger partial charge in [0, 0.05) is 13.1 Å². The van der Waals surface area contributed by atoms with Gasteiger partial charge in [-0.25, -0.2) is 0 Å². The van der Waals surface area contributed by atoms with Gasteiger partial charge < -0.3 is 9.32 Å². The van der Waals surface area contributed by atoms with Gasteiger partial charge in [0.15, 0.2) is 0 Å². The molecule has 0 atom stereocenters. The Balaban J connectivity index is 1.36. The highest BCUT2D eigenvalue weighted by molar-refractivity contribution is 5.05. The summed E-state index contributed by atoms with van der Waals surface area (Å²) in [6.45, 7) is 8.08. The summed E-state index contributed by atoms with van der Waals surface area (Å²) in [7, 11) is 2.33. The predicted octanol–water partition coefficient (Wildman–Crippen LogP) is 3.92. The van der Waals surface area contributed by atoms with Gasteiger partial charge in [-0.15, -0.1) is 0 Å². The van der Waals surface area contributed by atoms with Crippen LogP contribution in [0.1, 0.15) is 50.0 Å². The predicted molar refractivity (Wildman–Crippen MR) is 90.9 cm³/mol. The summed E-state index contributed by atoms with van der Waals surface area (Å²) in [6, 6.07) is 4.19. The molecule has 2 fully saturated rings. The van der Waals surface area contributed by atoms with Gasteiger partial charge in [0.2, 0.25) is 0 Å². The maximum absolute atomic E-state index is 5.70. The maximum Gasteiger partial charge on any atom is 0.118 e. The van der Waals surface area contributed by atoms with Gasteiger partial charge in [0.25, 0.3) is 0 Å². The van der Waals surface area contributed by atoms with Crippen LogP contribution in [0.25, 0.3) is 0 Å². The Morgan fingerprint density at radius 2 is 1.68 bits per heavy atom. The second-order valence-electron chi connectivity index (χ2n) is 7.60. The first-order chi connectivity index (χ1) is 10.7. The van der Waals surface area contributed by atoms with Crippen LogP contribution < -0.4 is 0 Å². The number of rotatable bonds is 6. The van der Waals surface area contributed by atoms with Gasteiger partial charge in [-0.1, -0.05) is 12.8 Å². The first kappa shape index (κ1) is 16.1. The Hall–Kier alpha value is -0.800. The van der Waals surface area contributed by atoms with Crippen molar-refractivity contribution in [3.8, 4) is 0 Å². The minimum Gasteiger partial charge on any atom is -0.465 e. The molecule has 124 valence electrons. The lowest BCUT2D eigenvalue weighted by molar-refractivity contribution is 0.136. The summed E-state index contributed by atoms with van der Waals surface area (Å²) in [5.74, 6) is 4.01. The van der Waals surface area contributed by atoms with Gasteiger partial charge in [-0.3, -0.25) is 4.90 Å². The topological polar surface area (TPSA) is 19.6 Å². The molecule has 0 unspecified atom stereocenters. The van der Waals surface area contributed by atoms with Crippen LogP contribution in [0.2, 0.25) is 0 Å². The van der Waals surface area contributed by atoms with Crippen molar-refractivity contribution in [2.24, 2.45) is 11.8 Å². The molecule has 2 aliphatic rings. The first-order valence-corrected chi connectivity index (χ1v) is 9.15. The number of furan rings is 1. The molecule has 0 aromatic carbocycles. The molecular weight excluding hydrogens is 272 g/mol. The Bertz CT molecular complexity index is 442. The van der Waals surface area contributed by atoms with E-state index in [-0.39, 0.29) is 0 Å². The third-order valence-corrected chi connectivity index (χ3v) is 5.50. The molecule has 1 aromatic heterocycles. The average molecular weight is 304 g/mol. The second kappa shape index (κ2) is 7.65. The minimum absolute atomic E-state index is 0.890. The first-order valence-electron chi connectivity index (χ1n) is 9.15.